The molecule has 9 nitrogen and oxygen atoms in total. The van der Waals surface area contributed by atoms with Crippen LogP contribution in [-0.4, -0.2) is 46.6 Å². The maximum absolute atomic E-state index is 4.56. The number of hydrogen-bond acceptors (Lipinski definition) is 7. The van der Waals surface area contributed by atoms with E-state index in [1.807, 2.05) is 12.1 Å². The van der Waals surface area contributed by atoms with Crippen molar-refractivity contribution >= 4 is 11.5 Å². The molecule has 24 heavy (non-hydrogen) atoms. The smallest absolute Gasteiger partial charge is 0.200 e. The van der Waals surface area contributed by atoms with Crippen LogP contribution in [0, 0.1) is 0 Å². The minimum Gasteiger partial charge on any atom is -0.345 e. The predicted molar refractivity (Wildman–Crippen MR) is 85.5 cm³/mol. The molecule has 0 radical (unpaired) electrons. The Balaban J connectivity index is 1.52. The fourth-order valence-corrected chi connectivity index (χ4v) is 3.86. The molecule has 0 amide bonds. The molecule has 3 aromatic rings. The Labute approximate surface area is 138 Å². The highest BCUT2D eigenvalue weighted by atomic mass is 15.6. The molecule has 0 saturated carbocycles. The first-order valence-corrected chi connectivity index (χ1v) is 8.64. The van der Waals surface area contributed by atoms with Crippen molar-refractivity contribution in [2.24, 2.45) is 0 Å². The van der Waals surface area contributed by atoms with Gasteiger partial charge in [-0.2, -0.15) is 0 Å². The van der Waals surface area contributed by atoms with Crippen LogP contribution in [0.2, 0.25) is 0 Å². The normalized spacial score (nSPS) is 21.2. The lowest BCUT2D eigenvalue weighted by Gasteiger charge is -2.25. The van der Waals surface area contributed by atoms with Gasteiger partial charge in [0, 0.05) is 19.5 Å². The zero-order valence-corrected chi connectivity index (χ0v) is 13.4. The minimum absolute atomic E-state index is 0.228. The standard InChI is InChI=1S/C15H19N9/c1-2-6-12-16-18-15(23(12)9-3-1)11-5-4-10-22(11)14-8-7-13-17-20-21-24(13)19-14/h7-8,11H,1-6,9-10H2/t11-/m1/s1. The molecule has 1 saturated heterocycles. The molecule has 9 heteroatoms. The van der Waals surface area contributed by atoms with Crippen LogP contribution < -0.4 is 4.90 Å². The third-order valence-corrected chi connectivity index (χ3v) is 5.04. The quantitative estimate of drug-likeness (QED) is 0.699. The van der Waals surface area contributed by atoms with Crippen LogP contribution in [0.1, 0.15) is 49.8 Å². The molecule has 2 aliphatic heterocycles. The predicted octanol–water partition coefficient (Wildman–Crippen LogP) is 1.18. The Morgan fingerprint density at radius 2 is 1.96 bits per heavy atom. The van der Waals surface area contributed by atoms with E-state index in [1.54, 1.807) is 0 Å². The molecule has 0 unspecified atom stereocenters. The highest BCUT2D eigenvalue weighted by Crippen LogP contribution is 2.35. The molecule has 2 aliphatic rings. The summed E-state index contributed by atoms with van der Waals surface area (Å²) in [5.41, 5.74) is 0.658. The summed E-state index contributed by atoms with van der Waals surface area (Å²) in [5, 5.41) is 25.0. The Kier molecular flexibility index (Phi) is 3.17. The third kappa shape index (κ3) is 2.15. The monoisotopic (exact) mass is 325 g/mol. The van der Waals surface area contributed by atoms with Gasteiger partial charge in [0.05, 0.1) is 6.04 Å². The van der Waals surface area contributed by atoms with E-state index >= 15 is 0 Å². The highest BCUT2D eigenvalue weighted by Gasteiger charge is 2.32. The fourth-order valence-electron chi connectivity index (χ4n) is 3.86. The van der Waals surface area contributed by atoms with Crippen LogP contribution in [0.3, 0.4) is 0 Å². The number of fused-ring (bicyclic) bond motifs is 2. The second-order valence-electron chi connectivity index (χ2n) is 6.51. The summed E-state index contributed by atoms with van der Waals surface area (Å²) < 4.78 is 3.82. The molecule has 3 aromatic heterocycles. The number of nitrogens with zero attached hydrogens (tertiary/aromatic N) is 9. The number of aryl methyl sites for hydroxylation is 1. The SMILES string of the molecule is c1cc2nnnn2nc1N1CCC[C@@H]1c1nnc2n1CCCCC2. The second kappa shape index (κ2) is 5.50. The lowest BCUT2D eigenvalue weighted by atomic mass is 10.2. The Morgan fingerprint density at radius 1 is 0.958 bits per heavy atom. The van der Waals surface area contributed by atoms with Gasteiger partial charge in [0.15, 0.2) is 17.3 Å². The molecule has 0 spiro atoms. The second-order valence-corrected chi connectivity index (χ2v) is 6.51. The van der Waals surface area contributed by atoms with Crippen molar-refractivity contribution in [1.82, 2.24) is 40.0 Å². The lowest BCUT2D eigenvalue weighted by molar-refractivity contribution is 0.555. The van der Waals surface area contributed by atoms with Gasteiger partial charge in [-0.3, -0.25) is 0 Å². The van der Waals surface area contributed by atoms with E-state index in [-0.39, 0.29) is 6.04 Å². The van der Waals surface area contributed by atoms with Gasteiger partial charge in [-0.15, -0.1) is 25.0 Å². The van der Waals surface area contributed by atoms with E-state index < -0.39 is 0 Å². The molecule has 5 rings (SSSR count). The van der Waals surface area contributed by atoms with Crippen LogP contribution >= 0.6 is 0 Å². The number of anilines is 1. The molecule has 5 heterocycles. The minimum atomic E-state index is 0.228. The van der Waals surface area contributed by atoms with Gasteiger partial charge < -0.3 is 9.47 Å². The van der Waals surface area contributed by atoms with Gasteiger partial charge in [-0.25, -0.2) is 0 Å². The summed E-state index contributed by atoms with van der Waals surface area (Å²) >= 11 is 0. The first-order chi connectivity index (χ1) is 11.9. The van der Waals surface area contributed by atoms with Gasteiger partial charge >= 0.3 is 0 Å². The molecular formula is C15H19N9. The zero-order valence-electron chi connectivity index (χ0n) is 13.4. The van der Waals surface area contributed by atoms with Crippen molar-refractivity contribution in [3.05, 3.63) is 23.8 Å². The van der Waals surface area contributed by atoms with Crippen molar-refractivity contribution in [2.45, 2.75) is 51.1 Å². The van der Waals surface area contributed by atoms with Gasteiger partial charge in [0.1, 0.15) is 5.82 Å². The molecular weight excluding hydrogens is 306 g/mol. The fraction of sp³-hybridized carbons (Fsp3) is 0.600. The molecule has 0 aromatic carbocycles. The van der Waals surface area contributed by atoms with Gasteiger partial charge in [0.25, 0.3) is 0 Å². The third-order valence-electron chi connectivity index (χ3n) is 5.04. The summed E-state index contributed by atoms with van der Waals surface area (Å²) in [6.07, 6.45) is 6.93. The average molecular weight is 325 g/mol. The van der Waals surface area contributed by atoms with Crippen molar-refractivity contribution in [1.29, 1.82) is 0 Å². The summed E-state index contributed by atoms with van der Waals surface area (Å²) in [4.78, 5) is 2.31. The van der Waals surface area contributed by atoms with Gasteiger partial charge in [-0.05, 0) is 48.2 Å². The lowest BCUT2D eigenvalue weighted by Crippen LogP contribution is -2.27. The topological polar surface area (TPSA) is 89.9 Å². The van der Waals surface area contributed by atoms with E-state index in [9.17, 15) is 0 Å². The average Bonchev–Trinajstić information content (AvgIpc) is 3.30. The van der Waals surface area contributed by atoms with E-state index in [0.29, 0.717) is 5.65 Å². The molecule has 124 valence electrons. The number of aromatic nitrogens is 8. The van der Waals surface area contributed by atoms with Crippen molar-refractivity contribution in [3.8, 4) is 0 Å². The maximum atomic E-state index is 4.56. The molecule has 1 fully saturated rings. The van der Waals surface area contributed by atoms with Crippen LogP contribution in [0.15, 0.2) is 12.1 Å². The first-order valence-electron chi connectivity index (χ1n) is 8.64. The summed E-state index contributed by atoms with van der Waals surface area (Å²) in [7, 11) is 0. The Bertz CT molecular complexity index is 867. The number of rotatable bonds is 2. The number of tetrazole rings is 1. The van der Waals surface area contributed by atoms with Crippen molar-refractivity contribution < 1.29 is 0 Å². The summed E-state index contributed by atoms with van der Waals surface area (Å²) in [5.74, 6) is 3.12. The van der Waals surface area contributed by atoms with Crippen LogP contribution in [0.25, 0.3) is 5.65 Å². The summed E-state index contributed by atoms with van der Waals surface area (Å²) in [6, 6.07) is 4.12. The molecule has 0 aliphatic carbocycles. The van der Waals surface area contributed by atoms with Crippen molar-refractivity contribution in [3.63, 3.8) is 0 Å². The van der Waals surface area contributed by atoms with E-state index in [0.717, 1.165) is 49.8 Å². The van der Waals surface area contributed by atoms with Crippen molar-refractivity contribution in [2.75, 3.05) is 11.4 Å². The largest absolute Gasteiger partial charge is 0.345 e. The Morgan fingerprint density at radius 3 is 2.96 bits per heavy atom. The van der Waals surface area contributed by atoms with E-state index in [2.05, 4.69) is 40.3 Å². The Hall–Kier alpha value is -2.58. The molecule has 1 atom stereocenters. The molecule has 0 N–H and O–H groups in total. The highest BCUT2D eigenvalue weighted by molar-refractivity contribution is 5.46. The van der Waals surface area contributed by atoms with Gasteiger partial charge in [0.2, 0.25) is 0 Å². The van der Waals surface area contributed by atoms with E-state index in [1.165, 1.54) is 23.9 Å². The maximum Gasteiger partial charge on any atom is 0.200 e. The van der Waals surface area contributed by atoms with Crippen LogP contribution in [-0.2, 0) is 13.0 Å². The zero-order chi connectivity index (χ0) is 15.9. The number of hydrogen-bond donors (Lipinski definition) is 0. The summed E-state index contributed by atoms with van der Waals surface area (Å²) in [6.45, 7) is 1.99. The first kappa shape index (κ1) is 13.8. The van der Waals surface area contributed by atoms with Crippen LogP contribution in [0.5, 0.6) is 0 Å². The van der Waals surface area contributed by atoms with E-state index in [4.69, 9.17) is 0 Å². The van der Waals surface area contributed by atoms with Gasteiger partial charge in [-0.1, -0.05) is 6.42 Å². The molecule has 0 bridgehead atoms. The van der Waals surface area contributed by atoms with Crippen LogP contribution in [0.4, 0.5) is 5.82 Å².